The molecule has 0 aromatic heterocycles. The zero-order valence-electron chi connectivity index (χ0n) is 16.5. The lowest BCUT2D eigenvalue weighted by Crippen LogP contribution is -2.59. The van der Waals surface area contributed by atoms with E-state index in [0.717, 1.165) is 24.0 Å². The number of hydrogen-bond donors (Lipinski definition) is 4. The average molecular weight is 410 g/mol. The fourth-order valence-corrected chi connectivity index (χ4v) is 5.44. The van der Waals surface area contributed by atoms with Crippen molar-refractivity contribution in [1.29, 1.82) is 0 Å². The lowest BCUT2D eigenvalue weighted by atomic mass is 9.80. The molecule has 29 heavy (non-hydrogen) atoms. The molecule has 0 bridgehead atoms. The van der Waals surface area contributed by atoms with E-state index in [1.807, 2.05) is 6.92 Å². The molecule has 2 aliphatic carbocycles. The van der Waals surface area contributed by atoms with E-state index < -0.39 is 43.4 Å². The van der Waals surface area contributed by atoms with Gasteiger partial charge in [0.15, 0.2) is 6.29 Å². The van der Waals surface area contributed by atoms with Crippen LogP contribution in [-0.4, -0.2) is 75.9 Å². The molecule has 0 amide bonds. The van der Waals surface area contributed by atoms with Crippen LogP contribution in [0, 0.1) is 23.7 Å². The van der Waals surface area contributed by atoms with Crippen molar-refractivity contribution < 1.29 is 39.4 Å². The van der Waals surface area contributed by atoms with Crippen molar-refractivity contribution in [2.45, 2.75) is 69.1 Å². The second-order valence-electron chi connectivity index (χ2n) is 8.82. The smallest absolute Gasteiger partial charge is 0.309 e. The maximum atomic E-state index is 12.3. The molecule has 11 unspecified atom stereocenters. The molecule has 0 aromatic rings. The van der Waals surface area contributed by atoms with Crippen molar-refractivity contribution >= 4 is 5.97 Å². The number of ether oxygens (including phenoxy) is 3. The van der Waals surface area contributed by atoms with Crippen LogP contribution in [0.15, 0.2) is 24.3 Å². The first-order valence-electron chi connectivity index (χ1n) is 10.3. The van der Waals surface area contributed by atoms with Gasteiger partial charge in [-0.25, -0.2) is 0 Å². The van der Waals surface area contributed by atoms with Crippen molar-refractivity contribution in [3.63, 3.8) is 0 Å². The van der Waals surface area contributed by atoms with Gasteiger partial charge in [0.25, 0.3) is 0 Å². The molecule has 2 saturated carbocycles. The Morgan fingerprint density at radius 3 is 2.59 bits per heavy atom. The molecule has 4 aliphatic rings. The quantitative estimate of drug-likeness (QED) is 0.375. The maximum Gasteiger partial charge on any atom is 0.309 e. The zero-order chi connectivity index (χ0) is 21.0. The largest absolute Gasteiger partial charge is 0.461 e. The summed E-state index contributed by atoms with van der Waals surface area (Å²) in [6.45, 7) is 9.78. The first kappa shape index (κ1) is 21.0. The van der Waals surface area contributed by atoms with Crippen LogP contribution in [0.2, 0.25) is 0 Å². The summed E-state index contributed by atoms with van der Waals surface area (Å²) in [6.07, 6.45) is -5.37. The first-order chi connectivity index (χ1) is 13.7. The molecule has 4 N–H and O–H groups in total. The topological polar surface area (TPSA) is 126 Å². The van der Waals surface area contributed by atoms with Gasteiger partial charge in [0.1, 0.15) is 30.5 Å². The molecule has 162 valence electrons. The Bertz CT molecular complexity index is 690. The van der Waals surface area contributed by atoms with Gasteiger partial charge in [-0.3, -0.25) is 4.79 Å². The van der Waals surface area contributed by atoms with Crippen LogP contribution in [0.5, 0.6) is 0 Å². The average Bonchev–Trinajstić information content (AvgIpc) is 3.17. The molecule has 2 aliphatic heterocycles. The van der Waals surface area contributed by atoms with E-state index in [9.17, 15) is 25.2 Å². The minimum Gasteiger partial charge on any atom is -0.461 e. The van der Waals surface area contributed by atoms with Gasteiger partial charge in [-0.05, 0) is 30.8 Å². The normalized spacial score (nSPS) is 50.1. The third kappa shape index (κ3) is 3.36. The maximum absolute atomic E-state index is 12.3. The van der Waals surface area contributed by atoms with Crippen LogP contribution in [0.1, 0.15) is 26.2 Å². The van der Waals surface area contributed by atoms with E-state index in [4.69, 9.17) is 14.2 Å². The molecule has 11 atom stereocenters. The van der Waals surface area contributed by atoms with E-state index in [-0.39, 0.29) is 35.7 Å². The zero-order valence-corrected chi connectivity index (χ0v) is 16.5. The molecule has 8 heteroatoms. The number of aliphatic hydroxyl groups is 4. The molecule has 2 saturated heterocycles. The van der Waals surface area contributed by atoms with Crippen molar-refractivity contribution in [3.05, 3.63) is 24.3 Å². The SMILES string of the molecule is C=C1C(OC2OC(CO)C(O)C(O)C2O)CC2C(C)C(=O)OC2C2C(=C)CCC12. The molecule has 8 nitrogen and oxygen atoms in total. The van der Waals surface area contributed by atoms with Crippen molar-refractivity contribution in [2.75, 3.05) is 6.61 Å². The number of rotatable bonds is 3. The lowest BCUT2D eigenvalue weighted by Gasteiger charge is -2.41. The van der Waals surface area contributed by atoms with Gasteiger partial charge in [-0.2, -0.15) is 0 Å². The van der Waals surface area contributed by atoms with E-state index in [1.54, 1.807) is 0 Å². The Labute approximate surface area is 169 Å². The highest BCUT2D eigenvalue weighted by Gasteiger charge is 2.55. The second-order valence-corrected chi connectivity index (χ2v) is 8.82. The Hall–Kier alpha value is -1.29. The third-order valence-electron chi connectivity index (χ3n) is 7.25. The van der Waals surface area contributed by atoms with Crippen molar-refractivity contribution in [3.8, 4) is 0 Å². The molecular formula is C21H30O8. The van der Waals surface area contributed by atoms with Crippen LogP contribution in [-0.2, 0) is 19.0 Å². The van der Waals surface area contributed by atoms with Gasteiger partial charge < -0.3 is 34.6 Å². The van der Waals surface area contributed by atoms with Gasteiger partial charge in [-0.1, -0.05) is 25.7 Å². The molecule has 4 fully saturated rings. The number of hydrogen-bond acceptors (Lipinski definition) is 8. The summed E-state index contributed by atoms with van der Waals surface area (Å²) >= 11 is 0. The summed E-state index contributed by atoms with van der Waals surface area (Å²) < 4.78 is 17.3. The molecule has 0 aromatic carbocycles. The Morgan fingerprint density at radius 2 is 1.90 bits per heavy atom. The highest BCUT2D eigenvalue weighted by Crippen LogP contribution is 2.53. The van der Waals surface area contributed by atoms with Crippen molar-refractivity contribution in [1.82, 2.24) is 0 Å². The summed E-state index contributed by atoms with van der Waals surface area (Å²) in [5.41, 5.74) is 1.89. The molecule has 0 radical (unpaired) electrons. The van der Waals surface area contributed by atoms with Crippen LogP contribution in [0.4, 0.5) is 0 Å². The van der Waals surface area contributed by atoms with Gasteiger partial charge in [0, 0.05) is 11.8 Å². The second kappa shape index (κ2) is 7.76. The van der Waals surface area contributed by atoms with Crippen molar-refractivity contribution in [2.24, 2.45) is 23.7 Å². The Balaban J connectivity index is 1.59. The summed E-state index contributed by atoms with van der Waals surface area (Å²) in [5, 5.41) is 39.8. The minimum atomic E-state index is -1.51. The Kier molecular flexibility index (Phi) is 5.61. The number of esters is 1. The van der Waals surface area contributed by atoms with Gasteiger partial charge >= 0.3 is 5.97 Å². The number of carbonyl (C=O) groups is 1. The van der Waals surface area contributed by atoms with Crippen LogP contribution in [0.3, 0.4) is 0 Å². The third-order valence-corrected chi connectivity index (χ3v) is 7.25. The number of fused-ring (bicyclic) bond motifs is 3. The monoisotopic (exact) mass is 410 g/mol. The van der Waals surface area contributed by atoms with E-state index >= 15 is 0 Å². The fraction of sp³-hybridized carbons (Fsp3) is 0.762. The number of carbonyl (C=O) groups excluding carboxylic acids is 1. The molecular weight excluding hydrogens is 380 g/mol. The van der Waals surface area contributed by atoms with E-state index in [1.165, 1.54) is 0 Å². The minimum absolute atomic E-state index is 0.00444. The molecule has 2 heterocycles. The van der Waals surface area contributed by atoms with Crippen LogP contribution < -0.4 is 0 Å². The standard InChI is InChI=1S/C21H30O8/c1-8-4-5-11-9(2)13(6-12-10(3)20(26)29-19(12)15(8)11)27-21-18(25)17(24)16(23)14(7-22)28-21/h10-19,21-25H,1-2,4-7H2,3H3. The van der Waals surface area contributed by atoms with Crippen LogP contribution >= 0.6 is 0 Å². The fourth-order valence-electron chi connectivity index (χ4n) is 5.44. The predicted molar refractivity (Wildman–Crippen MR) is 100 cm³/mol. The summed E-state index contributed by atoms with van der Waals surface area (Å²) in [5.74, 6) is -0.548. The molecule has 4 rings (SSSR count). The Morgan fingerprint density at radius 1 is 1.17 bits per heavy atom. The van der Waals surface area contributed by atoms with E-state index in [2.05, 4.69) is 13.2 Å². The van der Waals surface area contributed by atoms with E-state index in [0.29, 0.717) is 6.42 Å². The predicted octanol–water partition coefficient (Wildman–Crippen LogP) is -0.109. The highest BCUT2D eigenvalue weighted by molar-refractivity contribution is 5.75. The molecule has 0 spiro atoms. The van der Waals surface area contributed by atoms with Gasteiger partial charge in [-0.15, -0.1) is 0 Å². The van der Waals surface area contributed by atoms with Gasteiger partial charge in [0.2, 0.25) is 0 Å². The van der Waals surface area contributed by atoms with Gasteiger partial charge in [0.05, 0.1) is 18.6 Å². The summed E-state index contributed by atoms with van der Waals surface area (Å²) in [6, 6.07) is 0. The number of aliphatic hydroxyl groups excluding tert-OH is 4. The lowest BCUT2D eigenvalue weighted by molar-refractivity contribution is -0.309. The first-order valence-corrected chi connectivity index (χ1v) is 10.3. The highest BCUT2D eigenvalue weighted by atomic mass is 16.7. The summed E-state index contributed by atoms with van der Waals surface area (Å²) in [4.78, 5) is 12.3. The summed E-state index contributed by atoms with van der Waals surface area (Å²) in [7, 11) is 0. The van der Waals surface area contributed by atoms with Crippen LogP contribution in [0.25, 0.3) is 0 Å².